The van der Waals surface area contributed by atoms with E-state index in [4.69, 9.17) is 4.74 Å². The summed E-state index contributed by atoms with van der Waals surface area (Å²) in [6.45, 7) is 5.35. The van der Waals surface area contributed by atoms with E-state index in [-0.39, 0.29) is 12.1 Å². The van der Waals surface area contributed by atoms with Gasteiger partial charge in [-0.25, -0.2) is 0 Å². The van der Waals surface area contributed by atoms with Gasteiger partial charge >= 0.3 is 0 Å². The number of anilines is 1. The molecule has 0 aromatic heterocycles. The molecule has 0 spiro atoms. The van der Waals surface area contributed by atoms with Gasteiger partial charge in [-0.3, -0.25) is 10.1 Å². The van der Waals surface area contributed by atoms with E-state index in [1.165, 1.54) is 0 Å². The lowest BCUT2D eigenvalue weighted by Gasteiger charge is -2.29. The maximum atomic E-state index is 11.4. The van der Waals surface area contributed by atoms with Crippen LogP contribution in [0.15, 0.2) is 18.2 Å². The topological polar surface area (TPSA) is 70.6 Å². The minimum atomic E-state index is -0.996. The highest BCUT2D eigenvalue weighted by Crippen LogP contribution is 2.31. The molecule has 3 N–H and O–H groups in total. The van der Waals surface area contributed by atoms with Gasteiger partial charge in [0.05, 0.1) is 0 Å². The van der Waals surface area contributed by atoms with Crippen LogP contribution in [0.2, 0.25) is 0 Å². The van der Waals surface area contributed by atoms with Crippen LogP contribution in [0, 0.1) is 0 Å². The Morgan fingerprint density at radius 1 is 1.45 bits per heavy atom. The summed E-state index contributed by atoms with van der Waals surface area (Å²) in [5, 5.41) is 15.7. The van der Waals surface area contributed by atoms with E-state index >= 15 is 0 Å². The third-order valence-electron chi connectivity index (χ3n) is 3.16. The van der Waals surface area contributed by atoms with Crippen molar-refractivity contribution >= 4 is 11.6 Å². The Kier molecular flexibility index (Phi) is 4.30. The van der Waals surface area contributed by atoms with Gasteiger partial charge in [-0.2, -0.15) is 0 Å². The maximum Gasteiger partial charge on any atom is 0.224 e. The molecular formula is C15H22N2O3. The van der Waals surface area contributed by atoms with Gasteiger partial charge < -0.3 is 15.2 Å². The van der Waals surface area contributed by atoms with E-state index in [0.717, 1.165) is 23.4 Å². The lowest BCUT2D eigenvalue weighted by atomic mass is 10.0. The number of benzene rings is 1. The molecule has 5 heteroatoms. The van der Waals surface area contributed by atoms with Crippen LogP contribution in [0.1, 0.15) is 39.2 Å². The first kappa shape index (κ1) is 14.8. The Morgan fingerprint density at radius 2 is 2.20 bits per heavy atom. The molecule has 0 saturated carbocycles. The van der Waals surface area contributed by atoms with Gasteiger partial charge in [0, 0.05) is 17.7 Å². The predicted octanol–water partition coefficient (Wildman–Crippen LogP) is 2.00. The minimum Gasteiger partial charge on any atom is -0.475 e. The molecule has 0 saturated heterocycles. The van der Waals surface area contributed by atoms with Crippen LogP contribution in [0.5, 0.6) is 5.75 Å². The zero-order valence-corrected chi connectivity index (χ0v) is 12.2. The summed E-state index contributed by atoms with van der Waals surface area (Å²) in [5.41, 5.74) is 0.837. The molecule has 1 aromatic rings. The van der Waals surface area contributed by atoms with Crippen LogP contribution >= 0.6 is 0 Å². The molecule has 0 fully saturated rings. The highest BCUT2D eigenvalue weighted by Gasteiger charge is 2.22. The number of amides is 1. The molecule has 0 aliphatic carbocycles. The SMILES string of the molecule is CCC(NC(C)(C)O)Oc1cccc2c1CCC(=O)N2. The first-order chi connectivity index (χ1) is 9.39. The van der Waals surface area contributed by atoms with Crippen LogP contribution in [0.3, 0.4) is 0 Å². The number of rotatable bonds is 5. The number of nitrogens with one attached hydrogen (secondary N) is 2. The molecule has 1 atom stereocenters. The second kappa shape index (κ2) is 5.81. The first-order valence-corrected chi connectivity index (χ1v) is 6.97. The average Bonchev–Trinajstić information content (AvgIpc) is 2.36. The third kappa shape index (κ3) is 3.71. The van der Waals surface area contributed by atoms with E-state index in [0.29, 0.717) is 12.8 Å². The predicted molar refractivity (Wildman–Crippen MR) is 77.5 cm³/mol. The Labute approximate surface area is 119 Å². The number of fused-ring (bicyclic) bond motifs is 1. The van der Waals surface area contributed by atoms with Crippen LogP contribution in [-0.2, 0) is 11.2 Å². The van der Waals surface area contributed by atoms with Crippen molar-refractivity contribution in [3.05, 3.63) is 23.8 Å². The Hall–Kier alpha value is -1.59. The van der Waals surface area contributed by atoms with Gasteiger partial charge in [0.25, 0.3) is 0 Å². The normalized spacial score (nSPS) is 16.3. The van der Waals surface area contributed by atoms with Crippen molar-refractivity contribution in [1.29, 1.82) is 0 Å². The molecule has 2 rings (SSSR count). The van der Waals surface area contributed by atoms with E-state index in [1.807, 2.05) is 25.1 Å². The molecule has 1 aliphatic heterocycles. The van der Waals surface area contributed by atoms with Gasteiger partial charge in [-0.15, -0.1) is 0 Å². The number of hydrogen-bond donors (Lipinski definition) is 3. The lowest BCUT2D eigenvalue weighted by molar-refractivity contribution is -0.116. The third-order valence-corrected chi connectivity index (χ3v) is 3.16. The van der Waals surface area contributed by atoms with E-state index < -0.39 is 5.72 Å². The van der Waals surface area contributed by atoms with E-state index in [9.17, 15) is 9.90 Å². The van der Waals surface area contributed by atoms with E-state index in [1.54, 1.807) is 13.8 Å². The van der Waals surface area contributed by atoms with Crippen molar-refractivity contribution in [3.8, 4) is 5.75 Å². The van der Waals surface area contributed by atoms with Crippen LogP contribution in [0.25, 0.3) is 0 Å². The highest BCUT2D eigenvalue weighted by molar-refractivity contribution is 5.94. The molecule has 0 radical (unpaired) electrons. The Morgan fingerprint density at radius 3 is 2.85 bits per heavy atom. The first-order valence-electron chi connectivity index (χ1n) is 6.97. The molecule has 1 amide bonds. The van der Waals surface area contributed by atoms with Crippen molar-refractivity contribution in [2.75, 3.05) is 5.32 Å². The van der Waals surface area contributed by atoms with Crippen LogP contribution in [-0.4, -0.2) is 23.0 Å². The fourth-order valence-corrected chi connectivity index (χ4v) is 2.26. The smallest absolute Gasteiger partial charge is 0.224 e. The second-order valence-corrected chi connectivity index (χ2v) is 5.55. The molecule has 1 aliphatic rings. The Balaban J connectivity index is 2.17. The Bertz CT molecular complexity index is 494. The van der Waals surface area contributed by atoms with Crippen LogP contribution < -0.4 is 15.4 Å². The fraction of sp³-hybridized carbons (Fsp3) is 0.533. The van der Waals surface area contributed by atoms with Crippen molar-refractivity contribution in [3.63, 3.8) is 0 Å². The molecule has 0 bridgehead atoms. The molecule has 1 aromatic carbocycles. The molecule has 20 heavy (non-hydrogen) atoms. The minimum absolute atomic E-state index is 0.0382. The largest absolute Gasteiger partial charge is 0.475 e. The van der Waals surface area contributed by atoms with Crippen LogP contribution in [0.4, 0.5) is 5.69 Å². The van der Waals surface area contributed by atoms with Crippen molar-refractivity contribution < 1.29 is 14.6 Å². The van der Waals surface area contributed by atoms with Crippen molar-refractivity contribution in [1.82, 2.24) is 5.32 Å². The number of aliphatic hydroxyl groups is 1. The standard InChI is InChI=1S/C15H22N2O3/c1-4-14(17-15(2,3)19)20-12-7-5-6-11-10(12)8-9-13(18)16-11/h5-7,14,17,19H,4,8-9H2,1-3H3,(H,16,18). The van der Waals surface area contributed by atoms with Crippen molar-refractivity contribution in [2.45, 2.75) is 52.0 Å². The van der Waals surface area contributed by atoms with Gasteiger partial charge in [-0.05, 0) is 38.8 Å². The van der Waals surface area contributed by atoms with Crippen molar-refractivity contribution in [2.24, 2.45) is 0 Å². The number of carbonyl (C=O) groups is 1. The highest BCUT2D eigenvalue weighted by atomic mass is 16.5. The quantitative estimate of drug-likeness (QED) is 0.721. The summed E-state index contributed by atoms with van der Waals surface area (Å²) in [5.74, 6) is 0.794. The maximum absolute atomic E-state index is 11.4. The monoisotopic (exact) mass is 278 g/mol. The number of carbonyl (C=O) groups excluding carboxylic acids is 1. The van der Waals surface area contributed by atoms with E-state index in [2.05, 4.69) is 10.6 Å². The summed E-state index contributed by atoms with van der Waals surface area (Å²) in [4.78, 5) is 11.4. The van der Waals surface area contributed by atoms with Gasteiger partial charge in [-0.1, -0.05) is 13.0 Å². The summed E-state index contributed by atoms with van der Waals surface area (Å²) in [7, 11) is 0. The molecule has 1 unspecified atom stereocenters. The summed E-state index contributed by atoms with van der Waals surface area (Å²) >= 11 is 0. The second-order valence-electron chi connectivity index (χ2n) is 5.55. The fourth-order valence-electron chi connectivity index (χ4n) is 2.26. The number of ether oxygens (including phenoxy) is 1. The van der Waals surface area contributed by atoms with Gasteiger partial charge in [0.2, 0.25) is 5.91 Å². The molecular weight excluding hydrogens is 256 g/mol. The zero-order valence-electron chi connectivity index (χ0n) is 12.2. The van der Waals surface area contributed by atoms with Gasteiger partial charge in [0.1, 0.15) is 11.5 Å². The summed E-state index contributed by atoms with van der Waals surface area (Å²) in [6.07, 6.45) is 1.60. The molecule has 5 nitrogen and oxygen atoms in total. The zero-order chi connectivity index (χ0) is 14.8. The number of hydrogen-bond acceptors (Lipinski definition) is 4. The summed E-state index contributed by atoms with van der Waals surface area (Å²) in [6, 6.07) is 5.63. The lowest BCUT2D eigenvalue weighted by Crippen LogP contribution is -2.48. The average molecular weight is 278 g/mol. The summed E-state index contributed by atoms with van der Waals surface area (Å²) < 4.78 is 5.95. The molecule has 110 valence electrons. The molecule has 1 heterocycles. The van der Waals surface area contributed by atoms with Gasteiger partial charge in [0.15, 0.2) is 6.23 Å².